The number of halogens is 4. The lowest BCUT2D eigenvalue weighted by molar-refractivity contribution is -0.127. The van der Waals surface area contributed by atoms with Crippen molar-refractivity contribution in [2.75, 3.05) is 11.8 Å². The lowest BCUT2D eigenvalue weighted by Gasteiger charge is -2.17. The maximum Gasteiger partial charge on any atom is 0.393 e. The minimum absolute atomic E-state index is 0.0638. The molecule has 0 spiro atoms. The van der Waals surface area contributed by atoms with Crippen LogP contribution in [0.2, 0.25) is 0 Å². The van der Waals surface area contributed by atoms with Gasteiger partial charge in [-0.25, -0.2) is 8.60 Å². The monoisotopic (exact) mass is 481 g/mol. The minimum Gasteiger partial charge on any atom is -0.495 e. The second kappa shape index (κ2) is 8.70. The summed E-state index contributed by atoms with van der Waals surface area (Å²) in [6.07, 6.45) is -4.78. The number of pyridine rings is 1. The zero-order chi connectivity index (χ0) is 23.8. The van der Waals surface area contributed by atoms with Crippen LogP contribution >= 0.6 is 0 Å². The van der Waals surface area contributed by atoms with E-state index in [1.165, 1.54) is 43.7 Å². The van der Waals surface area contributed by atoms with E-state index in [0.29, 0.717) is 15.8 Å². The molecular formula is C21H15F4N3O4S. The molecule has 7 nitrogen and oxygen atoms in total. The molecule has 2 heterocycles. The SMILES string of the molecule is COc1cc(CC(F)(F)F)c(F)cc1-n1c(=O)ccc2cc(S(=O)Nc3ccon3)ccc21. The van der Waals surface area contributed by atoms with Gasteiger partial charge in [-0.3, -0.25) is 14.1 Å². The van der Waals surface area contributed by atoms with Gasteiger partial charge in [0.25, 0.3) is 5.56 Å². The third-order valence-electron chi connectivity index (χ3n) is 4.69. The van der Waals surface area contributed by atoms with Gasteiger partial charge in [-0.05, 0) is 30.3 Å². The summed E-state index contributed by atoms with van der Waals surface area (Å²) in [4.78, 5) is 13.0. The normalized spacial score (nSPS) is 12.6. The fraction of sp³-hybridized carbons (Fsp3) is 0.143. The Morgan fingerprint density at radius 3 is 2.61 bits per heavy atom. The Kier molecular flexibility index (Phi) is 5.93. The number of benzene rings is 2. The molecule has 0 radical (unpaired) electrons. The van der Waals surface area contributed by atoms with Crippen molar-refractivity contribution >= 4 is 27.7 Å². The quantitative estimate of drug-likeness (QED) is 0.414. The molecule has 4 aromatic rings. The highest BCUT2D eigenvalue weighted by Gasteiger charge is 2.30. The average Bonchev–Trinajstić information content (AvgIpc) is 3.27. The smallest absolute Gasteiger partial charge is 0.393 e. The molecule has 2 aromatic heterocycles. The molecule has 1 atom stereocenters. The number of nitrogens with zero attached hydrogens (tertiary/aromatic N) is 2. The van der Waals surface area contributed by atoms with E-state index in [1.54, 1.807) is 6.07 Å². The predicted octanol–water partition coefficient (Wildman–Crippen LogP) is 4.37. The van der Waals surface area contributed by atoms with Gasteiger partial charge in [0.1, 0.15) is 17.8 Å². The molecule has 1 N–H and O–H groups in total. The molecular weight excluding hydrogens is 466 g/mol. The molecule has 12 heteroatoms. The van der Waals surface area contributed by atoms with Crippen molar-refractivity contribution in [1.29, 1.82) is 0 Å². The summed E-state index contributed by atoms with van der Waals surface area (Å²) in [6, 6.07) is 10.5. The van der Waals surface area contributed by atoms with Crippen LogP contribution in [0.5, 0.6) is 5.75 Å². The Morgan fingerprint density at radius 2 is 1.94 bits per heavy atom. The first kappa shape index (κ1) is 22.5. The van der Waals surface area contributed by atoms with E-state index < -0.39 is 40.5 Å². The maximum absolute atomic E-state index is 14.5. The summed E-state index contributed by atoms with van der Waals surface area (Å²) >= 11 is 0. The molecule has 0 aliphatic carbocycles. The molecule has 0 aliphatic heterocycles. The molecule has 0 bridgehead atoms. The van der Waals surface area contributed by atoms with Crippen LogP contribution in [0, 0.1) is 5.82 Å². The standard InChI is InChI=1S/C21H15F4N3O4S/c1-31-18-9-13(11-21(23,24)25)15(22)10-17(18)28-16-4-3-14(8-12(16)2-5-20(28)29)33(30)27-19-6-7-32-26-19/h2-10H,11H2,1H3,(H,26,27). The van der Waals surface area contributed by atoms with Crippen LogP contribution < -0.4 is 15.0 Å². The van der Waals surface area contributed by atoms with Crippen molar-refractivity contribution in [3.63, 3.8) is 0 Å². The second-order valence-electron chi connectivity index (χ2n) is 6.89. The van der Waals surface area contributed by atoms with E-state index in [2.05, 4.69) is 14.4 Å². The molecule has 4 rings (SSSR count). The van der Waals surface area contributed by atoms with Crippen molar-refractivity contribution in [3.05, 3.63) is 76.5 Å². The third-order valence-corrected chi connectivity index (χ3v) is 5.77. The molecule has 0 amide bonds. The van der Waals surface area contributed by atoms with Crippen LogP contribution in [0.25, 0.3) is 16.6 Å². The molecule has 0 saturated heterocycles. The van der Waals surface area contributed by atoms with Crippen molar-refractivity contribution in [1.82, 2.24) is 9.72 Å². The fourth-order valence-electron chi connectivity index (χ4n) is 3.28. The Hall–Kier alpha value is -3.67. The summed E-state index contributed by atoms with van der Waals surface area (Å²) in [7, 11) is -0.490. The van der Waals surface area contributed by atoms with Crippen molar-refractivity contribution < 1.29 is 31.0 Å². The summed E-state index contributed by atoms with van der Waals surface area (Å²) < 4.78 is 79.0. The average molecular weight is 481 g/mol. The van der Waals surface area contributed by atoms with Crippen molar-refractivity contribution in [2.24, 2.45) is 0 Å². The largest absolute Gasteiger partial charge is 0.495 e. The third kappa shape index (κ3) is 4.75. The lowest BCUT2D eigenvalue weighted by atomic mass is 10.1. The van der Waals surface area contributed by atoms with Crippen LogP contribution in [-0.4, -0.2) is 27.2 Å². The number of rotatable bonds is 6. The van der Waals surface area contributed by atoms with Crippen LogP contribution in [0.4, 0.5) is 23.4 Å². The Morgan fingerprint density at radius 1 is 1.15 bits per heavy atom. The molecule has 0 saturated carbocycles. The Labute approximate surface area is 186 Å². The Bertz CT molecular complexity index is 1400. The number of fused-ring (bicyclic) bond motifs is 1. The summed E-state index contributed by atoms with van der Waals surface area (Å²) in [5, 5.41) is 4.10. The number of anilines is 1. The van der Waals surface area contributed by atoms with Crippen LogP contribution in [-0.2, 0) is 17.4 Å². The zero-order valence-electron chi connectivity index (χ0n) is 16.9. The van der Waals surface area contributed by atoms with Gasteiger partial charge >= 0.3 is 6.18 Å². The first-order chi connectivity index (χ1) is 15.7. The van der Waals surface area contributed by atoms with Gasteiger partial charge in [-0.1, -0.05) is 5.16 Å². The van der Waals surface area contributed by atoms with Crippen LogP contribution in [0.15, 0.2) is 69.0 Å². The molecule has 33 heavy (non-hydrogen) atoms. The number of hydrogen-bond donors (Lipinski definition) is 1. The van der Waals surface area contributed by atoms with E-state index in [1.807, 2.05) is 0 Å². The first-order valence-corrected chi connectivity index (χ1v) is 10.5. The van der Waals surface area contributed by atoms with Gasteiger partial charge in [-0.15, -0.1) is 0 Å². The molecule has 172 valence electrons. The highest BCUT2D eigenvalue weighted by Crippen LogP contribution is 2.32. The number of methoxy groups -OCH3 is 1. The second-order valence-corrected chi connectivity index (χ2v) is 8.10. The van der Waals surface area contributed by atoms with E-state index in [0.717, 1.165) is 16.7 Å². The van der Waals surface area contributed by atoms with E-state index in [9.17, 15) is 26.6 Å². The van der Waals surface area contributed by atoms with Crippen molar-refractivity contribution in [2.45, 2.75) is 17.5 Å². The number of alkyl halides is 3. The van der Waals surface area contributed by atoms with Gasteiger partial charge in [0.05, 0.1) is 29.6 Å². The lowest BCUT2D eigenvalue weighted by Crippen LogP contribution is -2.19. The molecule has 0 aliphatic rings. The zero-order valence-corrected chi connectivity index (χ0v) is 17.7. The highest BCUT2D eigenvalue weighted by molar-refractivity contribution is 7.86. The molecule has 1 unspecified atom stereocenters. The van der Waals surface area contributed by atoms with Gasteiger partial charge in [-0.2, -0.15) is 13.2 Å². The summed E-state index contributed by atoms with van der Waals surface area (Å²) in [5.41, 5.74) is -0.913. The van der Waals surface area contributed by atoms with Gasteiger partial charge in [0.2, 0.25) is 0 Å². The Balaban J connectivity index is 1.81. The highest BCUT2D eigenvalue weighted by atomic mass is 32.2. The first-order valence-electron chi connectivity index (χ1n) is 9.34. The summed E-state index contributed by atoms with van der Waals surface area (Å²) in [6.45, 7) is 0. The van der Waals surface area contributed by atoms with E-state index in [4.69, 9.17) is 4.74 Å². The number of aromatic nitrogens is 2. The topological polar surface area (TPSA) is 86.4 Å². The number of nitrogens with one attached hydrogen (secondary N) is 1. The van der Waals surface area contributed by atoms with Gasteiger partial charge < -0.3 is 9.26 Å². The van der Waals surface area contributed by atoms with Crippen LogP contribution in [0.3, 0.4) is 0 Å². The molecule has 2 aromatic carbocycles. The number of ether oxygens (including phenoxy) is 1. The number of hydrogen-bond acceptors (Lipinski definition) is 5. The predicted molar refractivity (Wildman–Crippen MR) is 112 cm³/mol. The van der Waals surface area contributed by atoms with Gasteiger partial charge in [0.15, 0.2) is 16.8 Å². The fourth-order valence-corrected chi connectivity index (χ4v) is 4.12. The van der Waals surface area contributed by atoms with Crippen molar-refractivity contribution in [3.8, 4) is 11.4 Å². The minimum atomic E-state index is -4.62. The summed E-state index contributed by atoms with van der Waals surface area (Å²) in [5.74, 6) is -0.968. The van der Waals surface area contributed by atoms with E-state index in [-0.39, 0.29) is 17.3 Å². The van der Waals surface area contributed by atoms with Crippen LogP contribution in [0.1, 0.15) is 5.56 Å². The van der Waals surface area contributed by atoms with E-state index >= 15 is 0 Å². The van der Waals surface area contributed by atoms with Gasteiger partial charge in [0, 0.05) is 29.1 Å². The molecule has 0 fully saturated rings. The maximum atomic E-state index is 14.5.